The molecular formula is C19H36N2. The third-order valence-corrected chi connectivity index (χ3v) is 7.58. The molecule has 122 valence electrons. The standard InChI is InChI=1S/C19H36N2/c1-14(12-16-8-6-5-7-11-20-16)21-17-13-15-9-10-19(17,4)18(15,2)3/h14-17,20-21H,5-13H2,1-4H3. The minimum absolute atomic E-state index is 0.517. The summed E-state index contributed by atoms with van der Waals surface area (Å²) < 4.78 is 0. The maximum absolute atomic E-state index is 4.03. The van der Waals surface area contributed by atoms with E-state index in [0.29, 0.717) is 16.9 Å². The minimum Gasteiger partial charge on any atom is -0.314 e. The van der Waals surface area contributed by atoms with Crippen molar-refractivity contribution in [1.82, 2.24) is 10.6 Å². The molecule has 3 aliphatic rings. The van der Waals surface area contributed by atoms with Gasteiger partial charge in [0.05, 0.1) is 0 Å². The van der Waals surface area contributed by atoms with E-state index in [-0.39, 0.29) is 0 Å². The van der Waals surface area contributed by atoms with Gasteiger partial charge in [-0.3, -0.25) is 0 Å². The van der Waals surface area contributed by atoms with Gasteiger partial charge in [-0.15, -0.1) is 0 Å². The fourth-order valence-corrected chi connectivity index (χ4v) is 5.60. The molecule has 5 unspecified atom stereocenters. The number of hydrogen-bond acceptors (Lipinski definition) is 2. The van der Waals surface area contributed by atoms with Crippen molar-refractivity contribution in [3.63, 3.8) is 0 Å². The van der Waals surface area contributed by atoms with Gasteiger partial charge in [0, 0.05) is 18.1 Å². The molecule has 0 amide bonds. The van der Waals surface area contributed by atoms with E-state index in [1.165, 1.54) is 57.9 Å². The largest absolute Gasteiger partial charge is 0.314 e. The molecule has 2 N–H and O–H groups in total. The summed E-state index contributed by atoms with van der Waals surface area (Å²) in [4.78, 5) is 0. The van der Waals surface area contributed by atoms with E-state index in [2.05, 4.69) is 38.3 Å². The third kappa shape index (κ3) is 2.79. The quantitative estimate of drug-likeness (QED) is 0.815. The Morgan fingerprint density at radius 2 is 1.95 bits per heavy atom. The van der Waals surface area contributed by atoms with E-state index in [0.717, 1.165) is 18.0 Å². The molecule has 0 aromatic carbocycles. The Morgan fingerprint density at radius 3 is 2.62 bits per heavy atom. The monoisotopic (exact) mass is 292 g/mol. The van der Waals surface area contributed by atoms with Crippen molar-refractivity contribution >= 4 is 0 Å². The molecule has 1 saturated heterocycles. The summed E-state index contributed by atoms with van der Waals surface area (Å²) in [5, 5.41) is 7.79. The molecule has 2 aliphatic carbocycles. The topological polar surface area (TPSA) is 24.1 Å². The lowest BCUT2D eigenvalue weighted by molar-refractivity contribution is 0.114. The van der Waals surface area contributed by atoms with Gasteiger partial charge in [-0.05, 0) is 68.7 Å². The van der Waals surface area contributed by atoms with Crippen molar-refractivity contribution in [3.05, 3.63) is 0 Å². The molecule has 21 heavy (non-hydrogen) atoms. The van der Waals surface area contributed by atoms with Crippen LogP contribution in [-0.4, -0.2) is 24.7 Å². The molecule has 0 aromatic heterocycles. The predicted octanol–water partition coefficient (Wildman–Crippen LogP) is 4.10. The molecule has 2 bridgehead atoms. The van der Waals surface area contributed by atoms with Crippen LogP contribution >= 0.6 is 0 Å². The van der Waals surface area contributed by atoms with Gasteiger partial charge in [0.2, 0.25) is 0 Å². The van der Waals surface area contributed by atoms with Crippen LogP contribution < -0.4 is 10.6 Å². The van der Waals surface area contributed by atoms with Gasteiger partial charge < -0.3 is 10.6 Å². The lowest BCUT2D eigenvalue weighted by atomic mass is 9.69. The van der Waals surface area contributed by atoms with Crippen molar-refractivity contribution in [2.45, 2.75) is 97.2 Å². The summed E-state index contributed by atoms with van der Waals surface area (Å²) >= 11 is 0. The van der Waals surface area contributed by atoms with E-state index < -0.39 is 0 Å². The summed E-state index contributed by atoms with van der Waals surface area (Å²) in [7, 11) is 0. The second kappa shape index (κ2) is 5.85. The molecule has 3 rings (SSSR count). The molecule has 3 fully saturated rings. The van der Waals surface area contributed by atoms with Gasteiger partial charge in [0.1, 0.15) is 0 Å². The summed E-state index contributed by atoms with van der Waals surface area (Å²) in [5.41, 5.74) is 1.05. The molecule has 0 spiro atoms. The second-order valence-corrected chi connectivity index (χ2v) is 8.97. The van der Waals surface area contributed by atoms with Crippen LogP contribution in [0.4, 0.5) is 0 Å². The average Bonchev–Trinajstić information content (AvgIpc) is 2.69. The lowest BCUT2D eigenvalue weighted by Gasteiger charge is -2.41. The first kappa shape index (κ1) is 15.8. The summed E-state index contributed by atoms with van der Waals surface area (Å²) in [6, 6.07) is 2.14. The van der Waals surface area contributed by atoms with Crippen LogP contribution in [0.2, 0.25) is 0 Å². The molecule has 2 saturated carbocycles. The Hall–Kier alpha value is -0.0800. The number of fused-ring (bicyclic) bond motifs is 2. The van der Waals surface area contributed by atoms with Crippen molar-refractivity contribution in [3.8, 4) is 0 Å². The predicted molar refractivity (Wildman–Crippen MR) is 90.5 cm³/mol. The highest BCUT2D eigenvalue weighted by Gasteiger charge is 2.61. The number of nitrogens with one attached hydrogen (secondary N) is 2. The minimum atomic E-state index is 0.517. The van der Waals surface area contributed by atoms with Gasteiger partial charge >= 0.3 is 0 Å². The summed E-state index contributed by atoms with van der Waals surface area (Å²) in [6.07, 6.45) is 11.2. The van der Waals surface area contributed by atoms with Crippen molar-refractivity contribution in [2.24, 2.45) is 16.7 Å². The maximum atomic E-state index is 4.03. The highest BCUT2D eigenvalue weighted by atomic mass is 15.0. The number of rotatable bonds is 4. The Morgan fingerprint density at radius 1 is 1.14 bits per heavy atom. The van der Waals surface area contributed by atoms with Crippen molar-refractivity contribution in [2.75, 3.05) is 6.54 Å². The maximum Gasteiger partial charge on any atom is 0.0131 e. The summed E-state index contributed by atoms with van der Waals surface area (Å²) in [5.74, 6) is 0.947. The van der Waals surface area contributed by atoms with Crippen LogP contribution in [0.5, 0.6) is 0 Å². The smallest absolute Gasteiger partial charge is 0.0131 e. The fraction of sp³-hybridized carbons (Fsp3) is 1.00. The first-order valence-electron chi connectivity index (χ1n) is 9.43. The normalized spacial score (nSPS) is 43.7. The first-order valence-corrected chi connectivity index (χ1v) is 9.43. The molecule has 5 atom stereocenters. The molecular weight excluding hydrogens is 256 g/mol. The first-order chi connectivity index (χ1) is 9.93. The van der Waals surface area contributed by atoms with Gasteiger partial charge in [-0.1, -0.05) is 33.6 Å². The number of hydrogen-bond donors (Lipinski definition) is 2. The van der Waals surface area contributed by atoms with E-state index in [1.54, 1.807) is 0 Å². The zero-order chi connectivity index (χ0) is 15.1. The van der Waals surface area contributed by atoms with Crippen LogP contribution in [-0.2, 0) is 0 Å². The molecule has 0 radical (unpaired) electrons. The van der Waals surface area contributed by atoms with E-state index in [1.807, 2.05) is 0 Å². The van der Waals surface area contributed by atoms with E-state index in [4.69, 9.17) is 0 Å². The Balaban J connectivity index is 1.55. The third-order valence-electron chi connectivity index (χ3n) is 7.58. The molecule has 2 heteroatoms. The zero-order valence-electron chi connectivity index (χ0n) is 14.7. The van der Waals surface area contributed by atoms with Crippen molar-refractivity contribution in [1.29, 1.82) is 0 Å². The highest BCUT2D eigenvalue weighted by molar-refractivity contribution is 5.13. The fourth-order valence-electron chi connectivity index (χ4n) is 5.60. The Labute approximate surface area is 131 Å². The Kier molecular flexibility index (Phi) is 4.40. The molecule has 0 aromatic rings. The van der Waals surface area contributed by atoms with Crippen LogP contribution in [0.3, 0.4) is 0 Å². The van der Waals surface area contributed by atoms with E-state index in [9.17, 15) is 0 Å². The summed E-state index contributed by atoms with van der Waals surface area (Å²) in [6.45, 7) is 11.2. The lowest BCUT2D eigenvalue weighted by Crippen LogP contribution is -2.49. The Bertz CT molecular complexity index is 357. The average molecular weight is 293 g/mol. The van der Waals surface area contributed by atoms with Crippen LogP contribution in [0, 0.1) is 16.7 Å². The van der Waals surface area contributed by atoms with Gasteiger partial charge in [0.25, 0.3) is 0 Å². The molecule has 1 heterocycles. The highest BCUT2D eigenvalue weighted by Crippen LogP contribution is 2.65. The van der Waals surface area contributed by atoms with Crippen LogP contribution in [0.25, 0.3) is 0 Å². The SMILES string of the molecule is CC(CC1CCCCCN1)NC1CC2CCC1(C)C2(C)C. The van der Waals surface area contributed by atoms with Crippen LogP contribution in [0.1, 0.15) is 79.1 Å². The van der Waals surface area contributed by atoms with Gasteiger partial charge in [-0.2, -0.15) is 0 Å². The van der Waals surface area contributed by atoms with Crippen LogP contribution in [0.15, 0.2) is 0 Å². The second-order valence-electron chi connectivity index (χ2n) is 8.97. The van der Waals surface area contributed by atoms with Gasteiger partial charge in [0.15, 0.2) is 0 Å². The van der Waals surface area contributed by atoms with Crippen molar-refractivity contribution < 1.29 is 0 Å². The zero-order valence-corrected chi connectivity index (χ0v) is 14.7. The van der Waals surface area contributed by atoms with E-state index >= 15 is 0 Å². The molecule has 2 nitrogen and oxygen atoms in total. The van der Waals surface area contributed by atoms with Gasteiger partial charge in [-0.25, -0.2) is 0 Å². The molecule has 1 aliphatic heterocycles.